The molecule has 0 fully saturated rings. The summed E-state index contributed by atoms with van der Waals surface area (Å²) in [5.41, 5.74) is 5.46. The van der Waals surface area contributed by atoms with Gasteiger partial charge in [0.05, 0.1) is 13.5 Å². The molecule has 0 rings (SSSR count). The number of rotatable bonds is 11. The first-order valence-electron chi connectivity index (χ1n) is 9.41. The van der Waals surface area contributed by atoms with E-state index in [4.69, 9.17) is 4.74 Å². The number of carbonyl (C=O) groups is 1. The lowest BCUT2D eigenvalue weighted by atomic mass is 9.95. The first-order valence-corrected chi connectivity index (χ1v) is 9.41. The van der Waals surface area contributed by atoms with Crippen LogP contribution < -0.4 is 0 Å². The number of ether oxygens (including phenoxy) is 1. The van der Waals surface area contributed by atoms with Crippen molar-refractivity contribution in [2.75, 3.05) is 7.11 Å². The van der Waals surface area contributed by atoms with Crippen molar-refractivity contribution in [3.05, 3.63) is 46.6 Å². The van der Waals surface area contributed by atoms with Crippen LogP contribution in [0.4, 0.5) is 0 Å². The summed E-state index contributed by atoms with van der Waals surface area (Å²) in [6.45, 7) is 12.9. The lowest BCUT2D eigenvalue weighted by Gasteiger charge is -2.12. The van der Waals surface area contributed by atoms with Gasteiger partial charge in [-0.2, -0.15) is 0 Å². The Labute approximate surface area is 155 Å². The Balaban J connectivity index is 4.78. The maximum Gasteiger partial charge on any atom is 0.306 e. The smallest absolute Gasteiger partial charge is 0.306 e. The zero-order valence-corrected chi connectivity index (χ0v) is 17.4. The molecule has 142 valence electrons. The van der Waals surface area contributed by atoms with Crippen LogP contribution in [0.1, 0.15) is 80.1 Å². The molecule has 0 aromatic heterocycles. The van der Waals surface area contributed by atoms with Crippen molar-refractivity contribution in [2.45, 2.75) is 80.1 Å². The van der Waals surface area contributed by atoms with Gasteiger partial charge in [0.15, 0.2) is 0 Å². The van der Waals surface area contributed by atoms with E-state index in [9.17, 15) is 4.79 Å². The van der Waals surface area contributed by atoms with Gasteiger partial charge in [0.1, 0.15) is 0 Å². The van der Waals surface area contributed by atoms with Crippen LogP contribution >= 0.6 is 0 Å². The highest BCUT2D eigenvalue weighted by atomic mass is 16.5. The molecule has 0 aliphatic rings. The quantitative estimate of drug-likeness (QED) is 0.299. The van der Waals surface area contributed by atoms with E-state index in [1.165, 1.54) is 29.4 Å². The van der Waals surface area contributed by atoms with Crippen LogP contribution in [0, 0.1) is 5.92 Å². The van der Waals surface area contributed by atoms with Crippen LogP contribution in [0.2, 0.25) is 0 Å². The van der Waals surface area contributed by atoms with Gasteiger partial charge in [0, 0.05) is 0 Å². The molecule has 0 N–H and O–H groups in total. The average Bonchev–Trinajstić information content (AvgIpc) is 2.51. The van der Waals surface area contributed by atoms with Gasteiger partial charge in [0.25, 0.3) is 0 Å². The molecule has 0 saturated carbocycles. The summed E-state index contributed by atoms with van der Waals surface area (Å²) >= 11 is 0. The van der Waals surface area contributed by atoms with Crippen LogP contribution in [0.25, 0.3) is 0 Å². The SMILES string of the molecule is COC(=O)CC(C=C(C)CCC=C(C)C)CC=C(C)CCC=C(C)C. The lowest BCUT2D eigenvalue weighted by molar-refractivity contribution is -0.141. The molecule has 0 aromatic rings. The van der Waals surface area contributed by atoms with Crippen molar-refractivity contribution in [1.29, 1.82) is 0 Å². The van der Waals surface area contributed by atoms with Gasteiger partial charge in [-0.05, 0) is 79.6 Å². The maximum absolute atomic E-state index is 11.7. The largest absolute Gasteiger partial charge is 0.469 e. The summed E-state index contributed by atoms with van der Waals surface area (Å²) in [5.74, 6) is 0.0894. The minimum absolute atomic E-state index is 0.131. The summed E-state index contributed by atoms with van der Waals surface area (Å²) < 4.78 is 4.87. The first kappa shape index (κ1) is 23.4. The van der Waals surface area contributed by atoms with E-state index >= 15 is 0 Å². The van der Waals surface area contributed by atoms with Crippen molar-refractivity contribution >= 4 is 5.97 Å². The third kappa shape index (κ3) is 14.5. The molecule has 0 aliphatic carbocycles. The third-order valence-corrected chi connectivity index (χ3v) is 4.13. The van der Waals surface area contributed by atoms with Crippen molar-refractivity contribution in [3.8, 4) is 0 Å². The van der Waals surface area contributed by atoms with Crippen LogP contribution in [-0.4, -0.2) is 13.1 Å². The maximum atomic E-state index is 11.7. The number of hydrogen-bond acceptors (Lipinski definition) is 2. The fourth-order valence-corrected chi connectivity index (χ4v) is 2.63. The predicted molar refractivity (Wildman–Crippen MR) is 110 cm³/mol. The van der Waals surface area contributed by atoms with Gasteiger partial charge in [-0.25, -0.2) is 0 Å². The normalized spacial score (nSPS) is 13.2. The Morgan fingerprint density at radius 3 is 1.84 bits per heavy atom. The standard InChI is InChI=1S/C23H38O2/c1-18(2)10-8-12-20(5)14-15-22(17-23(24)25-7)16-21(6)13-9-11-19(3)4/h10-11,14,16,22H,8-9,12-13,15,17H2,1-7H3. The Morgan fingerprint density at radius 2 is 1.36 bits per heavy atom. The first-order chi connectivity index (χ1) is 11.7. The van der Waals surface area contributed by atoms with Crippen molar-refractivity contribution < 1.29 is 9.53 Å². The lowest BCUT2D eigenvalue weighted by Crippen LogP contribution is -2.08. The van der Waals surface area contributed by atoms with Crippen LogP contribution in [0.15, 0.2) is 46.6 Å². The van der Waals surface area contributed by atoms with E-state index in [0.29, 0.717) is 6.42 Å². The van der Waals surface area contributed by atoms with Crippen molar-refractivity contribution in [3.63, 3.8) is 0 Å². The van der Waals surface area contributed by atoms with Gasteiger partial charge in [0.2, 0.25) is 0 Å². The van der Waals surface area contributed by atoms with Crippen LogP contribution in [-0.2, 0) is 9.53 Å². The molecule has 0 aliphatic heterocycles. The van der Waals surface area contributed by atoms with Gasteiger partial charge >= 0.3 is 5.97 Å². The van der Waals surface area contributed by atoms with Gasteiger partial charge in [-0.3, -0.25) is 4.79 Å². The van der Waals surface area contributed by atoms with E-state index in [0.717, 1.165) is 32.1 Å². The van der Waals surface area contributed by atoms with E-state index in [-0.39, 0.29) is 11.9 Å². The van der Waals surface area contributed by atoms with Crippen LogP contribution in [0.3, 0.4) is 0 Å². The Morgan fingerprint density at radius 1 is 0.840 bits per heavy atom. The van der Waals surface area contributed by atoms with Crippen molar-refractivity contribution in [1.82, 2.24) is 0 Å². The molecular formula is C23H38O2. The molecule has 0 aromatic carbocycles. The summed E-state index contributed by atoms with van der Waals surface area (Å²) in [5, 5.41) is 0. The molecule has 0 heterocycles. The summed E-state index contributed by atoms with van der Waals surface area (Å²) in [7, 11) is 1.46. The second kappa shape index (κ2) is 13.7. The molecule has 0 amide bonds. The number of allylic oxidation sites excluding steroid dienone is 8. The molecule has 2 heteroatoms. The predicted octanol–water partition coefficient (Wildman–Crippen LogP) is 6.94. The second-order valence-corrected chi connectivity index (χ2v) is 7.48. The molecule has 2 nitrogen and oxygen atoms in total. The van der Waals surface area contributed by atoms with Crippen molar-refractivity contribution in [2.24, 2.45) is 5.92 Å². The molecule has 0 bridgehead atoms. The molecule has 1 unspecified atom stereocenters. The second-order valence-electron chi connectivity index (χ2n) is 7.48. The fraction of sp³-hybridized carbons (Fsp3) is 0.609. The molecule has 0 radical (unpaired) electrons. The van der Waals surface area contributed by atoms with Gasteiger partial charge < -0.3 is 4.74 Å². The van der Waals surface area contributed by atoms with Crippen LogP contribution in [0.5, 0.6) is 0 Å². The zero-order chi connectivity index (χ0) is 19.2. The monoisotopic (exact) mass is 346 g/mol. The summed E-state index contributed by atoms with van der Waals surface area (Å²) in [4.78, 5) is 11.7. The Bertz CT molecular complexity index is 510. The number of hydrogen-bond donors (Lipinski definition) is 0. The summed E-state index contributed by atoms with van der Waals surface area (Å²) in [6, 6.07) is 0. The number of methoxy groups -OCH3 is 1. The number of esters is 1. The molecule has 1 atom stereocenters. The van der Waals surface area contributed by atoms with E-state index in [1.807, 2.05) is 0 Å². The van der Waals surface area contributed by atoms with E-state index in [2.05, 4.69) is 65.8 Å². The molecule has 25 heavy (non-hydrogen) atoms. The van der Waals surface area contributed by atoms with E-state index < -0.39 is 0 Å². The Kier molecular flexibility index (Phi) is 12.8. The Hall–Kier alpha value is -1.57. The number of carbonyl (C=O) groups excluding carboxylic acids is 1. The average molecular weight is 347 g/mol. The minimum Gasteiger partial charge on any atom is -0.469 e. The topological polar surface area (TPSA) is 26.3 Å². The fourth-order valence-electron chi connectivity index (χ4n) is 2.63. The van der Waals surface area contributed by atoms with Gasteiger partial charge in [-0.1, -0.05) is 46.6 Å². The minimum atomic E-state index is -0.131. The molecule has 0 saturated heterocycles. The highest BCUT2D eigenvalue weighted by Crippen LogP contribution is 2.19. The highest BCUT2D eigenvalue weighted by Gasteiger charge is 2.11. The summed E-state index contributed by atoms with van der Waals surface area (Å²) in [6.07, 6.45) is 14.7. The molecular weight excluding hydrogens is 308 g/mol. The van der Waals surface area contributed by atoms with E-state index in [1.54, 1.807) is 0 Å². The van der Waals surface area contributed by atoms with Gasteiger partial charge in [-0.15, -0.1) is 0 Å². The third-order valence-electron chi connectivity index (χ3n) is 4.13. The highest BCUT2D eigenvalue weighted by molar-refractivity contribution is 5.69. The molecule has 0 spiro atoms. The zero-order valence-electron chi connectivity index (χ0n) is 17.4.